The molecule has 2 aromatic heterocycles. The molecule has 6 heteroatoms. The number of aromatic nitrogens is 1. The van der Waals surface area contributed by atoms with E-state index in [4.69, 9.17) is 14.9 Å². The molecule has 4 N–H and O–H groups in total. The van der Waals surface area contributed by atoms with Crippen molar-refractivity contribution >= 4 is 39.1 Å². The number of nitrogens with two attached hydrogens (primary N) is 1. The molecule has 6 nitrogen and oxygen atoms in total. The Balaban J connectivity index is 1.75. The highest BCUT2D eigenvalue weighted by molar-refractivity contribution is 6.06. The van der Waals surface area contributed by atoms with Crippen LogP contribution in [0.1, 0.15) is 17.5 Å². The number of H-pyrrole nitrogens is 1. The molecule has 4 rings (SSSR count). The van der Waals surface area contributed by atoms with Crippen molar-refractivity contribution < 1.29 is 18.9 Å². The molecule has 0 radical (unpaired) electrons. The summed E-state index contributed by atoms with van der Waals surface area (Å²) in [5.74, 6) is 0.738. The van der Waals surface area contributed by atoms with Crippen LogP contribution in [-0.2, 0) is 0 Å². The fourth-order valence-electron chi connectivity index (χ4n) is 2.96. The Bertz CT molecular complexity index is 1100. The number of ether oxygens (including phenoxy) is 1. The topological polar surface area (TPSA) is 91.6 Å². The number of carbonyl (C=O) groups excluding carboxylic acids is 1. The van der Waals surface area contributed by atoms with Crippen LogP contribution in [0.2, 0.25) is 0 Å². The van der Waals surface area contributed by atoms with E-state index in [-0.39, 0.29) is 11.7 Å². The van der Waals surface area contributed by atoms with Gasteiger partial charge in [0.25, 0.3) is 5.91 Å². The second-order valence-electron chi connectivity index (χ2n) is 5.87. The number of amides is 1. The highest BCUT2D eigenvalue weighted by atomic mass is 16.5. The highest BCUT2D eigenvalue weighted by Gasteiger charge is 2.15. The van der Waals surface area contributed by atoms with Crippen molar-refractivity contribution in [1.29, 1.82) is 0 Å². The molecule has 0 saturated heterocycles. The largest absolute Gasteiger partial charge is 0.494 e. The predicted molar refractivity (Wildman–Crippen MR) is 100 cm³/mol. The molecule has 0 bridgehead atoms. The van der Waals surface area contributed by atoms with Gasteiger partial charge in [-0.1, -0.05) is 0 Å². The van der Waals surface area contributed by atoms with Crippen LogP contribution in [0.25, 0.3) is 21.8 Å². The number of hydrogen-bond donors (Lipinski definition) is 2. The molecule has 1 amide bonds. The summed E-state index contributed by atoms with van der Waals surface area (Å²) in [6.45, 7) is 2.54. The maximum absolute atomic E-state index is 12.1. The molecule has 2 aromatic carbocycles. The van der Waals surface area contributed by atoms with E-state index >= 15 is 0 Å². The van der Waals surface area contributed by atoms with Crippen molar-refractivity contribution in [1.82, 2.24) is 0 Å². The van der Waals surface area contributed by atoms with Crippen molar-refractivity contribution in [3.8, 4) is 5.75 Å². The van der Waals surface area contributed by atoms with Gasteiger partial charge < -0.3 is 20.2 Å². The van der Waals surface area contributed by atoms with Crippen LogP contribution in [0.3, 0.4) is 0 Å². The Morgan fingerprint density at radius 2 is 2.04 bits per heavy atom. The molecule has 130 valence electrons. The van der Waals surface area contributed by atoms with Gasteiger partial charge >= 0.3 is 0 Å². The number of anilines is 2. The lowest BCUT2D eigenvalue weighted by molar-refractivity contribution is -0.310. The van der Waals surface area contributed by atoms with Gasteiger partial charge in [0.15, 0.2) is 5.76 Å². The Labute approximate surface area is 149 Å². The Kier molecular flexibility index (Phi) is 3.93. The first kappa shape index (κ1) is 16.0. The quantitative estimate of drug-likeness (QED) is 0.551. The first-order valence-corrected chi connectivity index (χ1v) is 8.31. The Morgan fingerprint density at radius 1 is 1.15 bits per heavy atom. The van der Waals surface area contributed by atoms with Crippen molar-refractivity contribution in [3.63, 3.8) is 0 Å². The van der Waals surface area contributed by atoms with Gasteiger partial charge in [-0.25, -0.2) is 4.98 Å². The maximum Gasteiger partial charge on any atom is 0.291 e. The Hall–Kier alpha value is -3.54. The summed E-state index contributed by atoms with van der Waals surface area (Å²) in [5, 5.41) is 4.59. The van der Waals surface area contributed by atoms with Crippen LogP contribution in [0, 0.1) is 0 Å². The average Bonchev–Trinajstić information content (AvgIpc) is 3.17. The normalized spacial score (nSPS) is 11.0. The van der Waals surface area contributed by atoms with Crippen LogP contribution < -0.4 is 20.8 Å². The molecule has 0 aliphatic heterocycles. The smallest absolute Gasteiger partial charge is 0.291 e. The third-order valence-corrected chi connectivity index (χ3v) is 4.17. The number of furan rings is 1. The number of benzene rings is 2. The minimum atomic E-state index is -0.301. The second-order valence-corrected chi connectivity index (χ2v) is 5.87. The summed E-state index contributed by atoms with van der Waals surface area (Å²) in [6.07, 6.45) is 1.46. The average molecular weight is 348 g/mol. The van der Waals surface area contributed by atoms with Gasteiger partial charge in [0.2, 0.25) is 11.0 Å². The molecule has 0 aliphatic carbocycles. The molecule has 0 atom stereocenters. The van der Waals surface area contributed by atoms with Crippen molar-refractivity contribution in [2.24, 2.45) is 0 Å². The summed E-state index contributed by atoms with van der Waals surface area (Å²) < 4.78 is 10.7. The van der Waals surface area contributed by atoms with Crippen molar-refractivity contribution in [2.45, 2.75) is 6.92 Å². The highest BCUT2D eigenvalue weighted by Crippen LogP contribution is 2.30. The zero-order valence-corrected chi connectivity index (χ0v) is 14.2. The number of carbonyl (C=O) groups is 1. The number of nitrogen functional groups attached to an aromatic ring is 1. The van der Waals surface area contributed by atoms with Crippen molar-refractivity contribution in [2.75, 3.05) is 17.7 Å². The fraction of sp³-hybridized carbons (Fsp3) is 0.100. The number of pyridine rings is 1. The summed E-state index contributed by atoms with van der Waals surface area (Å²) in [7, 11) is 0. The summed E-state index contributed by atoms with van der Waals surface area (Å²) >= 11 is 0. The maximum atomic E-state index is 12.1. The number of hydrogen-bond acceptors (Lipinski definition) is 4. The zero-order chi connectivity index (χ0) is 18.1. The molecule has 2 heterocycles. The van der Waals surface area contributed by atoms with Crippen LogP contribution in [0.15, 0.2) is 59.2 Å². The predicted octanol–water partition coefficient (Wildman–Crippen LogP) is 3.63. The van der Waals surface area contributed by atoms with Gasteiger partial charge in [0, 0.05) is 17.8 Å². The van der Waals surface area contributed by atoms with E-state index in [1.54, 1.807) is 12.1 Å². The van der Waals surface area contributed by atoms with Gasteiger partial charge in [-0.15, -0.1) is 0 Å². The molecule has 4 aromatic rings. The van der Waals surface area contributed by atoms with Gasteiger partial charge in [-0.2, -0.15) is 0 Å². The van der Waals surface area contributed by atoms with Gasteiger partial charge in [0.05, 0.1) is 29.3 Å². The lowest BCUT2D eigenvalue weighted by atomic mass is 10.1. The van der Waals surface area contributed by atoms with E-state index < -0.39 is 0 Å². The van der Waals surface area contributed by atoms with E-state index in [1.807, 2.05) is 43.3 Å². The lowest BCUT2D eigenvalue weighted by Gasteiger charge is -2.07. The second kappa shape index (κ2) is 6.40. The lowest BCUT2D eigenvalue weighted by Crippen LogP contribution is -2.12. The van der Waals surface area contributed by atoms with Crippen LogP contribution in [0.4, 0.5) is 11.4 Å². The minimum absolute atomic E-state index is 0.260. The molecule has 0 saturated carbocycles. The monoisotopic (exact) mass is 348 g/mol. The summed E-state index contributed by atoms with van der Waals surface area (Å²) in [4.78, 5) is 15.5. The van der Waals surface area contributed by atoms with Crippen LogP contribution >= 0.6 is 0 Å². The third-order valence-electron chi connectivity index (χ3n) is 4.17. The SMILES string of the molecule is CCOc1ccc2[nH+]c3cc(NC(=O)c4ccco4)ccc3c(N)c2c1. The standard InChI is InChI=1S/C20H17N3O3/c1-2-25-13-6-8-16-15(11-13)19(21)14-7-5-12(10-17(14)23-16)22-20(24)18-4-3-9-26-18/h3-11H,2H2,1H3,(H2,21,23)(H,22,24)/p+1. The number of aromatic amines is 1. The first-order valence-electron chi connectivity index (χ1n) is 8.31. The van der Waals surface area contributed by atoms with E-state index in [9.17, 15) is 4.79 Å². The molecule has 0 unspecified atom stereocenters. The van der Waals surface area contributed by atoms with Gasteiger partial charge in [0.1, 0.15) is 5.75 Å². The molecule has 0 spiro atoms. The Morgan fingerprint density at radius 3 is 2.81 bits per heavy atom. The van der Waals surface area contributed by atoms with Crippen LogP contribution in [-0.4, -0.2) is 12.5 Å². The first-order chi connectivity index (χ1) is 12.7. The number of fused-ring (bicyclic) bond motifs is 2. The molecule has 0 aliphatic rings. The summed E-state index contributed by atoms with van der Waals surface area (Å²) in [5.41, 5.74) is 9.42. The van der Waals surface area contributed by atoms with Gasteiger partial charge in [-0.3, -0.25) is 4.79 Å². The summed E-state index contributed by atoms with van der Waals surface area (Å²) in [6, 6.07) is 14.6. The van der Waals surface area contributed by atoms with Crippen molar-refractivity contribution in [3.05, 3.63) is 60.6 Å². The minimum Gasteiger partial charge on any atom is -0.494 e. The third kappa shape index (κ3) is 2.82. The van der Waals surface area contributed by atoms with E-state index in [0.29, 0.717) is 18.0 Å². The van der Waals surface area contributed by atoms with Crippen LogP contribution in [0.5, 0.6) is 5.75 Å². The fourth-order valence-corrected chi connectivity index (χ4v) is 2.96. The van der Waals surface area contributed by atoms with E-state index in [2.05, 4.69) is 10.3 Å². The number of nitrogens with one attached hydrogen (secondary N) is 2. The number of rotatable bonds is 4. The molecule has 0 fully saturated rings. The van der Waals surface area contributed by atoms with E-state index in [1.165, 1.54) is 6.26 Å². The zero-order valence-electron chi connectivity index (χ0n) is 14.2. The van der Waals surface area contributed by atoms with E-state index in [0.717, 1.165) is 27.6 Å². The van der Waals surface area contributed by atoms with Gasteiger partial charge in [-0.05, 0) is 43.3 Å². The molecule has 26 heavy (non-hydrogen) atoms. The molecular formula is C20H18N3O3+. The molecular weight excluding hydrogens is 330 g/mol.